The number of benzene rings is 1. The normalized spacial score (nSPS) is 12.3. The standard InChI is InChI=1S/C11H13BrN2O/c1-6-4-7(12)9-8(5-6)15-10(14-9)11(2,3)13/h4-5H,13H2,1-3H3. The van der Waals surface area contributed by atoms with E-state index < -0.39 is 5.54 Å². The Morgan fingerprint density at radius 1 is 1.40 bits per heavy atom. The molecule has 0 atom stereocenters. The molecule has 0 aliphatic carbocycles. The maximum atomic E-state index is 5.94. The van der Waals surface area contributed by atoms with Gasteiger partial charge < -0.3 is 10.2 Å². The average molecular weight is 269 g/mol. The van der Waals surface area contributed by atoms with Crippen LogP contribution in [0.25, 0.3) is 11.1 Å². The van der Waals surface area contributed by atoms with Gasteiger partial charge in [0.05, 0.1) is 5.54 Å². The summed E-state index contributed by atoms with van der Waals surface area (Å²) in [5.41, 5.74) is 8.12. The molecule has 0 radical (unpaired) electrons. The summed E-state index contributed by atoms with van der Waals surface area (Å²) in [6, 6.07) is 3.97. The van der Waals surface area contributed by atoms with Crippen LogP contribution in [0.4, 0.5) is 0 Å². The van der Waals surface area contributed by atoms with Crippen molar-refractivity contribution in [3.63, 3.8) is 0 Å². The molecule has 2 aromatic rings. The molecule has 1 heterocycles. The molecule has 80 valence electrons. The number of hydrogen-bond donors (Lipinski definition) is 1. The van der Waals surface area contributed by atoms with Crippen LogP contribution >= 0.6 is 15.9 Å². The van der Waals surface area contributed by atoms with Gasteiger partial charge in [0, 0.05) is 4.47 Å². The lowest BCUT2D eigenvalue weighted by molar-refractivity contribution is 0.394. The SMILES string of the molecule is Cc1cc(Br)c2nc(C(C)(C)N)oc2c1. The second kappa shape index (κ2) is 3.32. The number of fused-ring (bicyclic) bond motifs is 1. The van der Waals surface area contributed by atoms with Crippen molar-refractivity contribution in [2.24, 2.45) is 5.73 Å². The summed E-state index contributed by atoms with van der Waals surface area (Å²) in [7, 11) is 0. The third-order valence-corrected chi connectivity index (χ3v) is 2.75. The van der Waals surface area contributed by atoms with Crippen LogP contribution in [0.2, 0.25) is 0 Å². The fourth-order valence-electron chi connectivity index (χ4n) is 1.39. The van der Waals surface area contributed by atoms with Gasteiger partial charge in [-0.1, -0.05) is 0 Å². The minimum absolute atomic E-state index is 0.549. The van der Waals surface area contributed by atoms with Crippen LogP contribution in [0.3, 0.4) is 0 Å². The van der Waals surface area contributed by atoms with Gasteiger partial charge in [0.2, 0.25) is 5.89 Å². The van der Waals surface area contributed by atoms with E-state index >= 15 is 0 Å². The van der Waals surface area contributed by atoms with Crippen LogP contribution in [0.5, 0.6) is 0 Å². The number of nitrogens with two attached hydrogens (primary N) is 1. The van der Waals surface area contributed by atoms with Gasteiger partial charge in [-0.25, -0.2) is 4.98 Å². The first-order valence-corrected chi connectivity index (χ1v) is 5.53. The van der Waals surface area contributed by atoms with Crippen molar-refractivity contribution in [1.29, 1.82) is 0 Å². The number of oxazole rings is 1. The number of hydrogen-bond acceptors (Lipinski definition) is 3. The molecule has 0 spiro atoms. The van der Waals surface area contributed by atoms with E-state index in [9.17, 15) is 0 Å². The van der Waals surface area contributed by atoms with E-state index in [0.29, 0.717) is 5.89 Å². The van der Waals surface area contributed by atoms with E-state index in [2.05, 4.69) is 20.9 Å². The van der Waals surface area contributed by atoms with Crippen LogP contribution in [0, 0.1) is 6.92 Å². The number of rotatable bonds is 1. The molecule has 0 unspecified atom stereocenters. The number of aryl methyl sites for hydroxylation is 1. The summed E-state index contributed by atoms with van der Waals surface area (Å²) in [5, 5.41) is 0. The summed E-state index contributed by atoms with van der Waals surface area (Å²) in [6.07, 6.45) is 0. The van der Waals surface area contributed by atoms with Crippen molar-refractivity contribution < 1.29 is 4.42 Å². The summed E-state index contributed by atoms with van der Waals surface area (Å²) < 4.78 is 6.57. The molecule has 1 aromatic carbocycles. The predicted molar refractivity (Wildman–Crippen MR) is 63.7 cm³/mol. The van der Waals surface area contributed by atoms with Gasteiger partial charge in [-0.3, -0.25) is 0 Å². The Hall–Kier alpha value is -0.870. The summed E-state index contributed by atoms with van der Waals surface area (Å²) >= 11 is 3.46. The van der Waals surface area contributed by atoms with Crippen molar-refractivity contribution in [2.45, 2.75) is 26.3 Å². The fourth-order valence-corrected chi connectivity index (χ4v) is 2.04. The highest BCUT2D eigenvalue weighted by Gasteiger charge is 2.22. The fraction of sp³-hybridized carbons (Fsp3) is 0.364. The van der Waals surface area contributed by atoms with Gasteiger partial charge >= 0.3 is 0 Å². The second-order valence-corrected chi connectivity index (χ2v) is 5.19. The molecular formula is C11H13BrN2O. The molecular weight excluding hydrogens is 256 g/mol. The Morgan fingerprint density at radius 2 is 2.07 bits per heavy atom. The van der Waals surface area contributed by atoms with E-state index in [1.165, 1.54) is 0 Å². The van der Waals surface area contributed by atoms with Crippen molar-refractivity contribution in [1.82, 2.24) is 4.98 Å². The predicted octanol–water partition coefficient (Wildman–Crippen LogP) is 3.09. The first-order chi connectivity index (χ1) is 6.88. The Bertz CT molecular complexity index is 511. The highest BCUT2D eigenvalue weighted by atomic mass is 79.9. The van der Waals surface area contributed by atoms with E-state index in [-0.39, 0.29) is 0 Å². The third kappa shape index (κ3) is 1.92. The first-order valence-electron chi connectivity index (χ1n) is 4.74. The lowest BCUT2D eigenvalue weighted by Gasteiger charge is -2.11. The van der Waals surface area contributed by atoms with Gasteiger partial charge in [-0.15, -0.1) is 0 Å². The Balaban J connectivity index is 2.71. The van der Waals surface area contributed by atoms with E-state index in [1.807, 2.05) is 32.9 Å². The Morgan fingerprint density at radius 3 is 2.67 bits per heavy atom. The van der Waals surface area contributed by atoms with Crippen molar-refractivity contribution in [2.75, 3.05) is 0 Å². The molecule has 4 heteroatoms. The topological polar surface area (TPSA) is 52.0 Å². The molecule has 0 aliphatic rings. The highest BCUT2D eigenvalue weighted by Crippen LogP contribution is 2.28. The van der Waals surface area contributed by atoms with Crippen LogP contribution in [0.1, 0.15) is 25.3 Å². The van der Waals surface area contributed by atoms with E-state index in [1.54, 1.807) is 0 Å². The van der Waals surface area contributed by atoms with Gasteiger partial charge in [0.25, 0.3) is 0 Å². The zero-order valence-electron chi connectivity index (χ0n) is 8.97. The lowest BCUT2D eigenvalue weighted by Crippen LogP contribution is -2.28. The quantitative estimate of drug-likeness (QED) is 0.865. The molecule has 0 aliphatic heterocycles. The first kappa shape index (κ1) is 10.6. The summed E-state index contributed by atoms with van der Waals surface area (Å²) in [4.78, 5) is 4.39. The average Bonchev–Trinajstić information content (AvgIpc) is 2.46. The number of halogens is 1. The van der Waals surface area contributed by atoms with E-state index in [0.717, 1.165) is 21.1 Å². The smallest absolute Gasteiger partial charge is 0.215 e. The molecule has 15 heavy (non-hydrogen) atoms. The largest absolute Gasteiger partial charge is 0.439 e. The lowest BCUT2D eigenvalue weighted by atomic mass is 10.1. The van der Waals surface area contributed by atoms with Gasteiger partial charge in [0.1, 0.15) is 5.52 Å². The van der Waals surface area contributed by atoms with Gasteiger partial charge in [-0.05, 0) is 54.4 Å². The maximum absolute atomic E-state index is 5.94. The number of nitrogens with zero attached hydrogens (tertiary/aromatic N) is 1. The van der Waals surface area contributed by atoms with Gasteiger partial charge in [-0.2, -0.15) is 0 Å². The molecule has 0 saturated carbocycles. The maximum Gasteiger partial charge on any atom is 0.215 e. The van der Waals surface area contributed by atoms with Crippen molar-refractivity contribution >= 4 is 27.0 Å². The second-order valence-electron chi connectivity index (χ2n) is 4.33. The zero-order valence-corrected chi connectivity index (χ0v) is 10.6. The molecule has 3 nitrogen and oxygen atoms in total. The van der Waals surface area contributed by atoms with Crippen LogP contribution in [-0.4, -0.2) is 4.98 Å². The minimum atomic E-state index is -0.549. The van der Waals surface area contributed by atoms with Crippen molar-refractivity contribution in [3.8, 4) is 0 Å². The molecule has 0 bridgehead atoms. The molecule has 2 N–H and O–H groups in total. The third-order valence-electron chi connectivity index (χ3n) is 2.14. The van der Waals surface area contributed by atoms with E-state index in [4.69, 9.17) is 10.2 Å². The van der Waals surface area contributed by atoms with Crippen LogP contribution < -0.4 is 5.73 Å². The molecule has 2 rings (SSSR count). The summed E-state index contributed by atoms with van der Waals surface area (Å²) in [6.45, 7) is 5.76. The van der Waals surface area contributed by atoms with Gasteiger partial charge in [0.15, 0.2) is 5.58 Å². The number of aromatic nitrogens is 1. The van der Waals surface area contributed by atoms with Crippen molar-refractivity contribution in [3.05, 3.63) is 28.1 Å². The Labute approximate surface area is 96.8 Å². The zero-order chi connectivity index (χ0) is 11.2. The highest BCUT2D eigenvalue weighted by molar-refractivity contribution is 9.10. The summed E-state index contributed by atoms with van der Waals surface area (Å²) in [5.74, 6) is 0.559. The molecule has 1 aromatic heterocycles. The monoisotopic (exact) mass is 268 g/mol. The molecule has 0 amide bonds. The Kier molecular flexibility index (Phi) is 2.35. The molecule has 0 saturated heterocycles. The minimum Gasteiger partial charge on any atom is -0.439 e. The molecule has 0 fully saturated rings. The van der Waals surface area contributed by atoms with Crippen LogP contribution in [-0.2, 0) is 5.54 Å². The van der Waals surface area contributed by atoms with Crippen LogP contribution in [0.15, 0.2) is 21.0 Å².